The first-order valence-electron chi connectivity index (χ1n) is 7.49. The van der Waals surface area contributed by atoms with Gasteiger partial charge in [-0.25, -0.2) is 4.79 Å². The summed E-state index contributed by atoms with van der Waals surface area (Å²) in [6, 6.07) is 11.7. The van der Waals surface area contributed by atoms with Gasteiger partial charge in [-0.1, -0.05) is 18.2 Å². The molecule has 1 atom stereocenters. The van der Waals surface area contributed by atoms with Crippen molar-refractivity contribution >= 4 is 28.9 Å². The molecular weight excluding hydrogens is 312 g/mol. The van der Waals surface area contributed by atoms with E-state index in [1.54, 1.807) is 5.38 Å². The molecule has 1 aliphatic heterocycles. The van der Waals surface area contributed by atoms with E-state index in [1.807, 2.05) is 18.2 Å². The van der Waals surface area contributed by atoms with E-state index in [4.69, 9.17) is 10.5 Å². The summed E-state index contributed by atoms with van der Waals surface area (Å²) in [7, 11) is 0. The van der Waals surface area contributed by atoms with Crippen molar-refractivity contribution in [3.63, 3.8) is 0 Å². The van der Waals surface area contributed by atoms with Crippen LogP contribution in [0.2, 0.25) is 0 Å². The Labute approximate surface area is 138 Å². The Balaban J connectivity index is 1.51. The van der Waals surface area contributed by atoms with Crippen LogP contribution in [-0.4, -0.2) is 31.6 Å². The monoisotopic (exact) mass is 330 g/mol. The normalized spacial score (nSPS) is 17.2. The average molecular weight is 330 g/mol. The van der Waals surface area contributed by atoms with E-state index in [2.05, 4.69) is 17.0 Å². The zero-order chi connectivity index (χ0) is 16.2. The molecular formula is C17H18N2O3S. The number of rotatable bonds is 5. The van der Waals surface area contributed by atoms with E-state index in [9.17, 15) is 9.59 Å². The fraction of sp³-hybridized carbons (Fsp3) is 0.294. The number of carbonyl (C=O) groups is 2. The molecule has 1 aliphatic rings. The molecule has 1 fully saturated rings. The van der Waals surface area contributed by atoms with Gasteiger partial charge in [0.15, 0.2) is 0 Å². The third-order valence-corrected chi connectivity index (χ3v) is 4.85. The van der Waals surface area contributed by atoms with Gasteiger partial charge in [-0.05, 0) is 24.6 Å². The van der Waals surface area contributed by atoms with Crippen LogP contribution >= 0.6 is 11.3 Å². The van der Waals surface area contributed by atoms with Crippen molar-refractivity contribution in [1.29, 1.82) is 0 Å². The van der Waals surface area contributed by atoms with Crippen molar-refractivity contribution in [1.82, 2.24) is 0 Å². The van der Waals surface area contributed by atoms with Gasteiger partial charge in [0.1, 0.15) is 4.88 Å². The Morgan fingerprint density at radius 3 is 2.78 bits per heavy atom. The van der Waals surface area contributed by atoms with Crippen LogP contribution in [0.4, 0.5) is 5.69 Å². The molecule has 23 heavy (non-hydrogen) atoms. The predicted octanol–water partition coefficient (Wildman–Crippen LogP) is 2.53. The third-order valence-electron chi connectivity index (χ3n) is 3.94. The number of anilines is 1. The molecule has 1 aromatic carbocycles. The van der Waals surface area contributed by atoms with Crippen molar-refractivity contribution in [2.45, 2.75) is 6.42 Å². The van der Waals surface area contributed by atoms with E-state index in [0.717, 1.165) is 19.5 Å². The largest absolute Gasteiger partial charge is 0.461 e. The lowest BCUT2D eigenvalue weighted by atomic mass is 10.1. The summed E-state index contributed by atoms with van der Waals surface area (Å²) in [6.07, 6.45) is 0.999. The molecule has 2 heterocycles. The fourth-order valence-corrected chi connectivity index (χ4v) is 3.47. The van der Waals surface area contributed by atoms with Crippen LogP contribution in [-0.2, 0) is 4.74 Å². The molecule has 2 aromatic rings. The molecule has 0 saturated carbocycles. The number of thiophene rings is 1. The van der Waals surface area contributed by atoms with E-state index in [0.29, 0.717) is 23.0 Å². The van der Waals surface area contributed by atoms with Gasteiger partial charge in [0, 0.05) is 30.1 Å². The van der Waals surface area contributed by atoms with E-state index >= 15 is 0 Å². The summed E-state index contributed by atoms with van der Waals surface area (Å²) in [5, 5.41) is 1.58. The molecule has 1 saturated heterocycles. The van der Waals surface area contributed by atoms with Gasteiger partial charge in [-0.2, -0.15) is 0 Å². The highest BCUT2D eigenvalue weighted by Gasteiger charge is 2.24. The summed E-state index contributed by atoms with van der Waals surface area (Å²) >= 11 is 1.18. The maximum atomic E-state index is 12.0. The number of benzene rings is 1. The van der Waals surface area contributed by atoms with Crippen molar-refractivity contribution in [2.24, 2.45) is 11.7 Å². The van der Waals surface area contributed by atoms with E-state index in [-0.39, 0.29) is 5.97 Å². The van der Waals surface area contributed by atoms with Gasteiger partial charge < -0.3 is 15.4 Å². The molecule has 3 rings (SSSR count). The lowest BCUT2D eigenvalue weighted by Crippen LogP contribution is -2.21. The molecule has 0 bridgehead atoms. The molecule has 2 N–H and O–H groups in total. The summed E-state index contributed by atoms with van der Waals surface area (Å²) in [4.78, 5) is 25.8. The number of primary amides is 1. The topological polar surface area (TPSA) is 72.6 Å². The van der Waals surface area contributed by atoms with Gasteiger partial charge in [0.25, 0.3) is 0 Å². The summed E-state index contributed by atoms with van der Waals surface area (Å²) in [5.41, 5.74) is 6.73. The number of carbonyl (C=O) groups excluding carboxylic acids is 2. The van der Waals surface area contributed by atoms with Gasteiger partial charge in [-0.15, -0.1) is 11.3 Å². The van der Waals surface area contributed by atoms with Gasteiger partial charge in [-0.3, -0.25) is 4.79 Å². The number of nitrogens with two attached hydrogens (primary N) is 1. The highest BCUT2D eigenvalue weighted by atomic mass is 32.1. The number of nitrogens with zero attached hydrogens (tertiary/aromatic N) is 1. The molecule has 5 nitrogen and oxygen atoms in total. The molecule has 0 aliphatic carbocycles. The van der Waals surface area contributed by atoms with Crippen LogP contribution < -0.4 is 10.6 Å². The molecule has 0 spiro atoms. The summed E-state index contributed by atoms with van der Waals surface area (Å²) < 4.78 is 5.38. The maximum Gasteiger partial charge on any atom is 0.348 e. The van der Waals surface area contributed by atoms with Gasteiger partial charge >= 0.3 is 5.97 Å². The van der Waals surface area contributed by atoms with Gasteiger partial charge in [0.05, 0.1) is 12.2 Å². The zero-order valence-corrected chi connectivity index (χ0v) is 13.4. The number of para-hydroxylation sites is 1. The Kier molecular flexibility index (Phi) is 4.62. The second-order valence-electron chi connectivity index (χ2n) is 5.60. The summed E-state index contributed by atoms with van der Waals surface area (Å²) in [5.74, 6) is -0.593. The first kappa shape index (κ1) is 15.6. The Morgan fingerprint density at radius 1 is 1.30 bits per heavy atom. The van der Waals surface area contributed by atoms with Crippen LogP contribution in [0, 0.1) is 5.92 Å². The number of hydrogen-bond acceptors (Lipinski definition) is 5. The van der Waals surface area contributed by atoms with Crippen LogP contribution in [0.5, 0.6) is 0 Å². The van der Waals surface area contributed by atoms with Crippen molar-refractivity contribution in [3.8, 4) is 0 Å². The lowest BCUT2D eigenvalue weighted by Gasteiger charge is -2.18. The van der Waals surface area contributed by atoms with Crippen LogP contribution in [0.3, 0.4) is 0 Å². The second-order valence-corrected chi connectivity index (χ2v) is 6.51. The van der Waals surface area contributed by atoms with Gasteiger partial charge in [0.2, 0.25) is 5.91 Å². The van der Waals surface area contributed by atoms with Crippen molar-refractivity contribution in [2.75, 3.05) is 24.6 Å². The average Bonchev–Trinajstić information content (AvgIpc) is 3.23. The van der Waals surface area contributed by atoms with Crippen LogP contribution in [0.15, 0.2) is 41.8 Å². The molecule has 1 aromatic heterocycles. The molecule has 0 radical (unpaired) electrons. The maximum absolute atomic E-state index is 12.0. The number of esters is 1. The third kappa shape index (κ3) is 3.71. The van der Waals surface area contributed by atoms with Crippen molar-refractivity contribution < 1.29 is 14.3 Å². The number of ether oxygens (including phenoxy) is 1. The molecule has 0 unspecified atom stereocenters. The smallest absolute Gasteiger partial charge is 0.348 e. The predicted molar refractivity (Wildman–Crippen MR) is 89.9 cm³/mol. The standard InChI is InChI=1S/C17H18N2O3S/c18-16(20)13-8-15(23-11-13)17(21)22-10-12-6-7-19(9-12)14-4-2-1-3-5-14/h1-5,8,11-12H,6-7,9-10H2,(H2,18,20)/t12-/m1/s1. The SMILES string of the molecule is NC(=O)c1csc(C(=O)OC[C@@H]2CCN(c3ccccc3)C2)c1. The second kappa shape index (κ2) is 6.83. The Hall–Kier alpha value is -2.34. The fourth-order valence-electron chi connectivity index (χ4n) is 2.68. The molecule has 6 heteroatoms. The quantitative estimate of drug-likeness (QED) is 0.855. The number of amides is 1. The minimum atomic E-state index is -0.533. The van der Waals surface area contributed by atoms with E-state index < -0.39 is 5.91 Å². The van der Waals surface area contributed by atoms with Crippen molar-refractivity contribution in [3.05, 3.63) is 52.2 Å². The van der Waals surface area contributed by atoms with Crippen LogP contribution in [0.1, 0.15) is 26.5 Å². The highest BCUT2D eigenvalue weighted by molar-refractivity contribution is 7.12. The molecule has 120 valence electrons. The first-order valence-corrected chi connectivity index (χ1v) is 8.37. The minimum Gasteiger partial charge on any atom is -0.461 e. The molecule has 1 amide bonds. The minimum absolute atomic E-state index is 0.328. The van der Waals surface area contributed by atoms with E-state index in [1.165, 1.54) is 23.1 Å². The highest BCUT2D eigenvalue weighted by Crippen LogP contribution is 2.24. The first-order chi connectivity index (χ1) is 11.1. The summed E-state index contributed by atoms with van der Waals surface area (Å²) in [6.45, 7) is 2.25. The lowest BCUT2D eigenvalue weighted by molar-refractivity contribution is 0.0457. The zero-order valence-electron chi connectivity index (χ0n) is 12.6. The number of hydrogen-bond donors (Lipinski definition) is 1. The van der Waals surface area contributed by atoms with Crippen LogP contribution in [0.25, 0.3) is 0 Å². The Morgan fingerprint density at radius 2 is 2.09 bits per heavy atom. The Bertz CT molecular complexity index is 699.